The molecule has 1 saturated heterocycles. The molecule has 2 heterocycles. The van der Waals surface area contributed by atoms with Crippen LogP contribution in [0.3, 0.4) is 0 Å². The van der Waals surface area contributed by atoms with Crippen LogP contribution in [0.2, 0.25) is 0 Å². The van der Waals surface area contributed by atoms with Crippen molar-refractivity contribution < 1.29 is 4.79 Å². The smallest absolute Gasteiger partial charge is 0.220 e. The maximum atomic E-state index is 12.3. The van der Waals surface area contributed by atoms with Gasteiger partial charge in [-0.05, 0) is 37.9 Å². The average Bonchev–Trinajstić information content (AvgIpc) is 3.44. The number of piperidine rings is 1. The number of likely N-dealkylation sites (tertiary alicyclic amines) is 1. The molecular formula is C21H28N4O. The first-order valence-electron chi connectivity index (χ1n) is 9.53. The highest BCUT2D eigenvalue weighted by atomic mass is 16.1. The van der Waals surface area contributed by atoms with Crippen LogP contribution in [0.25, 0.3) is 0 Å². The molecule has 1 aromatic carbocycles. The molecule has 0 aliphatic carbocycles. The normalized spacial score (nSPS) is 24.0. The zero-order chi connectivity index (χ0) is 18.4. The summed E-state index contributed by atoms with van der Waals surface area (Å²) < 4.78 is 0. The maximum absolute atomic E-state index is 12.3. The Labute approximate surface area is 156 Å². The summed E-state index contributed by atoms with van der Waals surface area (Å²) in [4.78, 5) is 14.7. The van der Waals surface area contributed by atoms with Gasteiger partial charge in [-0.25, -0.2) is 0 Å². The van der Waals surface area contributed by atoms with Crippen molar-refractivity contribution in [1.82, 2.24) is 10.2 Å². The molecule has 0 unspecified atom stereocenters. The van der Waals surface area contributed by atoms with Crippen LogP contribution in [0, 0.1) is 18.3 Å². The first-order chi connectivity index (χ1) is 12.6. The first-order valence-corrected chi connectivity index (χ1v) is 9.53. The molecule has 2 atom stereocenters. The topological polar surface area (TPSA) is 57.1 Å². The largest absolute Gasteiger partial charge is 0.356 e. The highest BCUT2D eigenvalue weighted by Gasteiger charge is 2.39. The summed E-state index contributed by atoms with van der Waals surface area (Å²) in [5.74, 6) is 3.14. The van der Waals surface area contributed by atoms with E-state index in [-0.39, 0.29) is 11.6 Å². The summed E-state index contributed by atoms with van der Waals surface area (Å²) >= 11 is 0. The van der Waals surface area contributed by atoms with Crippen LogP contribution in [0.1, 0.15) is 50.1 Å². The van der Waals surface area contributed by atoms with E-state index in [4.69, 9.17) is 6.42 Å². The number of nitrogens with zero attached hydrogens (tertiary/aromatic N) is 3. The molecule has 2 aliphatic rings. The van der Waals surface area contributed by atoms with Crippen molar-refractivity contribution in [3.63, 3.8) is 0 Å². The van der Waals surface area contributed by atoms with E-state index in [1.807, 2.05) is 6.07 Å². The Kier molecular flexibility index (Phi) is 6.05. The van der Waals surface area contributed by atoms with Crippen LogP contribution in [0.5, 0.6) is 0 Å². The fourth-order valence-electron chi connectivity index (χ4n) is 3.97. The Hall–Kier alpha value is -2.19. The Balaban J connectivity index is 1.49. The van der Waals surface area contributed by atoms with Gasteiger partial charge in [0.1, 0.15) is 0 Å². The Bertz CT molecular complexity index is 673. The molecule has 5 heteroatoms. The van der Waals surface area contributed by atoms with E-state index < -0.39 is 0 Å². The molecular weight excluding hydrogens is 324 g/mol. The summed E-state index contributed by atoms with van der Waals surface area (Å²) in [5.41, 5.74) is 0.958. The third-order valence-corrected chi connectivity index (χ3v) is 5.51. The molecule has 0 aromatic heterocycles. The lowest BCUT2D eigenvalue weighted by molar-refractivity contribution is -0.121. The first kappa shape index (κ1) is 18.6. The predicted molar refractivity (Wildman–Crippen MR) is 102 cm³/mol. The molecule has 1 fully saturated rings. The average molecular weight is 352 g/mol. The van der Waals surface area contributed by atoms with Crippen molar-refractivity contribution in [3.05, 3.63) is 35.9 Å². The van der Waals surface area contributed by atoms with E-state index in [0.717, 1.165) is 19.4 Å². The highest BCUT2D eigenvalue weighted by Crippen LogP contribution is 2.38. The van der Waals surface area contributed by atoms with E-state index in [0.29, 0.717) is 37.8 Å². The number of benzene rings is 1. The van der Waals surface area contributed by atoms with Crippen molar-refractivity contribution in [2.45, 2.75) is 50.2 Å². The summed E-state index contributed by atoms with van der Waals surface area (Å²) in [6, 6.07) is 11.0. The van der Waals surface area contributed by atoms with E-state index >= 15 is 0 Å². The molecule has 26 heavy (non-hydrogen) atoms. The molecule has 0 radical (unpaired) electrons. The van der Waals surface area contributed by atoms with Crippen LogP contribution in [-0.4, -0.2) is 36.6 Å². The third-order valence-electron chi connectivity index (χ3n) is 5.51. The Morgan fingerprint density at radius 1 is 1.35 bits per heavy atom. The number of hydrogen-bond donors (Lipinski definition) is 1. The van der Waals surface area contributed by atoms with Gasteiger partial charge in [-0.15, -0.1) is 12.3 Å². The number of hydrogen-bond acceptors (Lipinski definition) is 4. The minimum Gasteiger partial charge on any atom is -0.356 e. The lowest BCUT2D eigenvalue weighted by atomic mass is 9.85. The highest BCUT2D eigenvalue weighted by molar-refractivity contribution is 5.76. The van der Waals surface area contributed by atoms with Crippen LogP contribution >= 0.6 is 0 Å². The van der Waals surface area contributed by atoms with Crippen LogP contribution in [0.15, 0.2) is 40.6 Å². The van der Waals surface area contributed by atoms with Crippen molar-refractivity contribution in [1.29, 1.82) is 0 Å². The standard InChI is InChI=1S/C21H28N4O/c1-3-4-13-21(23-24-21)14-12-19(26)22-16-18-11-8-15-25(2)20(18)17-9-6-5-7-10-17/h1,5-7,9-10,18,20H,4,8,11-16H2,2H3,(H,22,26)/t18-,20-/m0/s1. The lowest BCUT2D eigenvalue weighted by Crippen LogP contribution is -2.41. The van der Waals surface area contributed by atoms with Crippen LogP contribution < -0.4 is 5.32 Å². The van der Waals surface area contributed by atoms with E-state index in [1.165, 1.54) is 12.0 Å². The lowest BCUT2D eigenvalue weighted by Gasteiger charge is -2.39. The quantitative estimate of drug-likeness (QED) is 0.728. The van der Waals surface area contributed by atoms with Gasteiger partial charge in [0.2, 0.25) is 5.91 Å². The maximum Gasteiger partial charge on any atom is 0.220 e. The van der Waals surface area contributed by atoms with Crippen molar-refractivity contribution in [2.75, 3.05) is 20.1 Å². The van der Waals surface area contributed by atoms with Gasteiger partial charge in [0.25, 0.3) is 0 Å². The van der Waals surface area contributed by atoms with Gasteiger partial charge >= 0.3 is 0 Å². The van der Waals surface area contributed by atoms with E-state index in [1.54, 1.807) is 0 Å². The Morgan fingerprint density at radius 3 is 2.81 bits per heavy atom. The van der Waals surface area contributed by atoms with E-state index in [2.05, 4.69) is 57.7 Å². The summed E-state index contributed by atoms with van der Waals surface area (Å²) in [6.45, 7) is 1.82. The van der Waals surface area contributed by atoms with Crippen LogP contribution in [0.4, 0.5) is 0 Å². The molecule has 0 bridgehead atoms. The zero-order valence-corrected chi connectivity index (χ0v) is 15.5. The molecule has 138 valence electrons. The van der Waals surface area contributed by atoms with Gasteiger partial charge in [0.15, 0.2) is 5.66 Å². The van der Waals surface area contributed by atoms with Crippen LogP contribution in [-0.2, 0) is 4.79 Å². The second-order valence-electron chi connectivity index (χ2n) is 7.43. The van der Waals surface area contributed by atoms with Gasteiger partial charge in [0.05, 0.1) is 0 Å². The van der Waals surface area contributed by atoms with Gasteiger partial charge in [-0.3, -0.25) is 9.69 Å². The number of rotatable bonds is 8. The monoisotopic (exact) mass is 352 g/mol. The van der Waals surface area contributed by atoms with Gasteiger partial charge in [0, 0.05) is 38.3 Å². The van der Waals surface area contributed by atoms with E-state index in [9.17, 15) is 4.79 Å². The fourth-order valence-corrected chi connectivity index (χ4v) is 3.97. The third kappa shape index (κ3) is 4.70. The summed E-state index contributed by atoms with van der Waals surface area (Å²) in [5, 5.41) is 11.3. The summed E-state index contributed by atoms with van der Waals surface area (Å²) in [7, 11) is 2.18. The van der Waals surface area contributed by atoms with Crippen molar-refractivity contribution in [3.8, 4) is 12.3 Å². The SMILES string of the molecule is C#CCCC1(CCC(=O)NC[C@@H]2CCCN(C)[C@H]2c2ccccc2)N=N1. The number of terminal acetylenes is 1. The Morgan fingerprint density at radius 2 is 2.12 bits per heavy atom. The number of amides is 1. The van der Waals surface area contributed by atoms with Gasteiger partial charge in [-0.2, -0.15) is 10.2 Å². The van der Waals surface area contributed by atoms with Crippen molar-refractivity contribution >= 4 is 5.91 Å². The summed E-state index contributed by atoms with van der Waals surface area (Å²) in [6.07, 6.45) is 10.1. The minimum absolute atomic E-state index is 0.0856. The molecule has 5 nitrogen and oxygen atoms in total. The number of carbonyl (C=O) groups excluding carboxylic acids is 1. The molecule has 1 amide bonds. The minimum atomic E-state index is -0.374. The predicted octanol–water partition coefficient (Wildman–Crippen LogP) is 3.54. The fraction of sp³-hybridized carbons (Fsp3) is 0.571. The zero-order valence-electron chi connectivity index (χ0n) is 15.5. The van der Waals surface area contributed by atoms with Gasteiger partial charge in [-0.1, -0.05) is 30.3 Å². The molecule has 1 N–H and O–H groups in total. The second-order valence-corrected chi connectivity index (χ2v) is 7.43. The van der Waals surface area contributed by atoms with Crippen molar-refractivity contribution in [2.24, 2.45) is 16.1 Å². The van der Waals surface area contributed by atoms with Gasteiger partial charge < -0.3 is 5.32 Å². The number of carbonyl (C=O) groups is 1. The molecule has 1 aromatic rings. The molecule has 0 saturated carbocycles. The number of nitrogens with one attached hydrogen (secondary N) is 1. The second kappa shape index (κ2) is 8.46. The molecule has 2 aliphatic heterocycles. The molecule has 0 spiro atoms. The molecule has 3 rings (SSSR count).